The summed E-state index contributed by atoms with van der Waals surface area (Å²) in [6.07, 6.45) is 9.17. The standard InChI is InChI=1S/C22H34O4/c1-4-7-9-10-17-25-21(23)18-13-15-19(16-14-18)22(24)26-20(11-6-3)12-8-5-2/h13-16,20H,4-12,17H2,1-3H3. The predicted molar refractivity (Wildman–Crippen MR) is 105 cm³/mol. The highest BCUT2D eigenvalue weighted by Gasteiger charge is 2.16. The number of carbonyl (C=O) groups excluding carboxylic acids is 2. The first-order chi connectivity index (χ1) is 12.6. The molecule has 0 heterocycles. The second-order valence-electron chi connectivity index (χ2n) is 6.73. The van der Waals surface area contributed by atoms with Gasteiger partial charge >= 0.3 is 11.9 Å². The molecule has 1 aromatic carbocycles. The van der Waals surface area contributed by atoms with Gasteiger partial charge in [0.2, 0.25) is 0 Å². The molecule has 0 saturated heterocycles. The number of benzene rings is 1. The monoisotopic (exact) mass is 362 g/mol. The van der Waals surface area contributed by atoms with Gasteiger partial charge in [-0.1, -0.05) is 59.3 Å². The van der Waals surface area contributed by atoms with E-state index in [0.717, 1.165) is 57.8 Å². The molecule has 1 atom stereocenters. The third kappa shape index (κ3) is 8.50. The van der Waals surface area contributed by atoms with Crippen molar-refractivity contribution in [3.63, 3.8) is 0 Å². The van der Waals surface area contributed by atoms with E-state index in [1.807, 2.05) is 0 Å². The Morgan fingerprint density at radius 1 is 0.769 bits per heavy atom. The fourth-order valence-electron chi connectivity index (χ4n) is 2.75. The van der Waals surface area contributed by atoms with Crippen molar-refractivity contribution in [3.8, 4) is 0 Å². The Labute approximate surface area is 158 Å². The van der Waals surface area contributed by atoms with Crippen molar-refractivity contribution < 1.29 is 19.1 Å². The van der Waals surface area contributed by atoms with E-state index < -0.39 is 0 Å². The predicted octanol–water partition coefficient (Wildman–Crippen LogP) is 5.94. The van der Waals surface area contributed by atoms with Gasteiger partial charge in [0, 0.05) is 0 Å². The lowest BCUT2D eigenvalue weighted by Gasteiger charge is -2.17. The Hall–Kier alpha value is -1.84. The van der Waals surface area contributed by atoms with Gasteiger partial charge in [-0.3, -0.25) is 0 Å². The van der Waals surface area contributed by atoms with Gasteiger partial charge in [-0.25, -0.2) is 9.59 Å². The summed E-state index contributed by atoms with van der Waals surface area (Å²) in [5.74, 6) is -0.660. The van der Waals surface area contributed by atoms with Crippen molar-refractivity contribution in [1.82, 2.24) is 0 Å². The molecule has 0 N–H and O–H groups in total. The topological polar surface area (TPSA) is 52.6 Å². The van der Waals surface area contributed by atoms with Crippen LogP contribution in [0.3, 0.4) is 0 Å². The van der Waals surface area contributed by atoms with Crippen LogP contribution in [-0.2, 0) is 9.47 Å². The van der Waals surface area contributed by atoms with Crippen LogP contribution in [-0.4, -0.2) is 24.6 Å². The summed E-state index contributed by atoms with van der Waals surface area (Å²) in [4.78, 5) is 24.3. The van der Waals surface area contributed by atoms with Gasteiger partial charge < -0.3 is 9.47 Å². The molecule has 1 unspecified atom stereocenters. The first-order valence-electron chi connectivity index (χ1n) is 10.1. The highest BCUT2D eigenvalue weighted by Crippen LogP contribution is 2.15. The molecule has 0 fully saturated rings. The molecule has 0 radical (unpaired) electrons. The van der Waals surface area contributed by atoms with Crippen molar-refractivity contribution >= 4 is 11.9 Å². The highest BCUT2D eigenvalue weighted by molar-refractivity contribution is 5.93. The largest absolute Gasteiger partial charge is 0.462 e. The molecule has 26 heavy (non-hydrogen) atoms. The van der Waals surface area contributed by atoms with E-state index in [1.165, 1.54) is 0 Å². The number of hydrogen-bond acceptors (Lipinski definition) is 4. The van der Waals surface area contributed by atoms with Gasteiger partial charge in [0.25, 0.3) is 0 Å². The fourth-order valence-corrected chi connectivity index (χ4v) is 2.75. The molecule has 0 spiro atoms. The average molecular weight is 363 g/mol. The lowest BCUT2D eigenvalue weighted by molar-refractivity contribution is 0.0254. The van der Waals surface area contributed by atoms with Crippen LogP contribution in [0.25, 0.3) is 0 Å². The lowest BCUT2D eigenvalue weighted by Crippen LogP contribution is -2.18. The van der Waals surface area contributed by atoms with Crippen molar-refractivity contribution in [2.24, 2.45) is 0 Å². The van der Waals surface area contributed by atoms with Gasteiger partial charge in [0.05, 0.1) is 17.7 Å². The molecular weight excluding hydrogens is 328 g/mol. The summed E-state index contributed by atoms with van der Waals surface area (Å²) >= 11 is 0. The number of esters is 2. The van der Waals surface area contributed by atoms with E-state index in [2.05, 4.69) is 20.8 Å². The molecule has 4 heteroatoms. The third-order valence-electron chi connectivity index (χ3n) is 4.35. The zero-order chi connectivity index (χ0) is 19.2. The molecular formula is C22H34O4. The van der Waals surface area contributed by atoms with Crippen LogP contribution in [0, 0.1) is 0 Å². The van der Waals surface area contributed by atoms with E-state index in [1.54, 1.807) is 24.3 Å². The van der Waals surface area contributed by atoms with Crippen LogP contribution in [0.5, 0.6) is 0 Å². The second kappa shape index (κ2) is 13.4. The maximum atomic E-state index is 12.3. The Morgan fingerprint density at radius 3 is 1.96 bits per heavy atom. The van der Waals surface area contributed by atoms with E-state index in [0.29, 0.717) is 17.7 Å². The van der Waals surface area contributed by atoms with Crippen molar-refractivity contribution in [2.75, 3.05) is 6.61 Å². The van der Waals surface area contributed by atoms with E-state index in [-0.39, 0.29) is 18.0 Å². The molecule has 1 aromatic rings. The summed E-state index contributed by atoms with van der Waals surface area (Å²) in [5.41, 5.74) is 0.940. The van der Waals surface area contributed by atoms with Gasteiger partial charge in [0.1, 0.15) is 6.10 Å². The zero-order valence-corrected chi connectivity index (χ0v) is 16.6. The van der Waals surface area contributed by atoms with Crippen LogP contribution >= 0.6 is 0 Å². The minimum atomic E-state index is -0.340. The fraction of sp³-hybridized carbons (Fsp3) is 0.636. The van der Waals surface area contributed by atoms with Gasteiger partial charge in [-0.15, -0.1) is 0 Å². The van der Waals surface area contributed by atoms with Crippen LogP contribution in [0.4, 0.5) is 0 Å². The van der Waals surface area contributed by atoms with E-state index >= 15 is 0 Å². The summed E-state index contributed by atoms with van der Waals surface area (Å²) < 4.78 is 10.9. The molecule has 0 aromatic heterocycles. The summed E-state index contributed by atoms with van der Waals surface area (Å²) in [6.45, 7) is 6.81. The quantitative estimate of drug-likeness (QED) is 0.322. The normalized spacial score (nSPS) is 11.8. The Kier molecular flexibility index (Phi) is 11.4. The maximum Gasteiger partial charge on any atom is 0.338 e. The van der Waals surface area contributed by atoms with Crippen molar-refractivity contribution in [2.45, 2.75) is 84.7 Å². The van der Waals surface area contributed by atoms with Crippen molar-refractivity contribution in [3.05, 3.63) is 35.4 Å². The highest BCUT2D eigenvalue weighted by atomic mass is 16.5. The number of unbranched alkanes of at least 4 members (excludes halogenated alkanes) is 4. The van der Waals surface area contributed by atoms with Gasteiger partial charge in [0.15, 0.2) is 0 Å². The summed E-state index contributed by atoms with van der Waals surface area (Å²) in [7, 11) is 0. The minimum absolute atomic E-state index is 0.0276. The first kappa shape index (κ1) is 22.2. The summed E-state index contributed by atoms with van der Waals surface area (Å²) in [6, 6.07) is 6.54. The number of rotatable bonds is 13. The van der Waals surface area contributed by atoms with Crippen LogP contribution < -0.4 is 0 Å². The molecule has 4 nitrogen and oxygen atoms in total. The van der Waals surface area contributed by atoms with E-state index in [4.69, 9.17) is 9.47 Å². The third-order valence-corrected chi connectivity index (χ3v) is 4.35. The molecule has 0 aliphatic rings. The molecule has 0 aliphatic heterocycles. The van der Waals surface area contributed by atoms with Crippen LogP contribution in [0.2, 0.25) is 0 Å². The molecule has 1 rings (SSSR count). The lowest BCUT2D eigenvalue weighted by atomic mass is 10.1. The second-order valence-corrected chi connectivity index (χ2v) is 6.73. The van der Waals surface area contributed by atoms with Crippen molar-refractivity contribution in [1.29, 1.82) is 0 Å². The number of hydrogen-bond donors (Lipinski definition) is 0. The minimum Gasteiger partial charge on any atom is -0.462 e. The number of ether oxygens (including phenoxy) is 2. The van der Waals surface area contributed by atoms with Crippen LogP contribution in [0.15, 0.2) is 24.3 Å². The molecule has 146 valence electrons. The van der Waals surface area contributed by atoms with Gasteiger partial charge in [-0.2, -0.15) is 0 Å². The van der Waals surface area contributed by atoms with Gasteiger partial charge in [-0.05, 0) is 43.5 Å². The zero-order valence-electron chi connectivity index (χ0n) is 16.6. The molecule has 0 aliphatic carbocycles. The molecule has 0 saturated carbocycles. The number of carbonyl (C=O) groups is 2. The maximum absolute atomic E-state index is 12.3. The molecule has 0 amide bonds. The smallest absolute Gasteiger partial charge is 0.338 e. The SMILES string of the molecule is CCCCCCOC(=O)c1ccc(C(=O)OC(CCC)CCCC)cc1. The Balaban J connectivity index is 2.51. The van der Waals surface area contributed by atoms with E-state index in [9.17, 15) is 9.59 Å². The Morgan fingerprint density at radius 2 is 1.38 bits per heavy atom. The summed E-state index contributed by atoms with van der Waals surface area (Å²) in [5, 5.41) is 0. The first-order valence-corrected chi connectivity index (χ1v) is 10.1. The van der Waals surface area contributed by atoms with Crippen LogP contribution in [0.1, 0.15) is 99.3 Å². The Bertz CT molecular complexity index is 521. The average Bonchev–Trinajstić information content (AvgIpc) is 2.66. The molecule has 0 bridgehead atoms.